The molecule has 0 aliphatic rings. The topological polar surface area (TPSA) is 98.2 Å². The van der Waals surface area contributed by atoms with E-state index in [4.69, 9.17) is 5.73 Å². The quantitative estimate of drug-likeness (QED) is 0.615. The van der Waals surface area contributed by atoms with Crippen LogP contribution in [0.5, 0.6) is 0 Å². The highest BCUT2D eigenvalue weighted by molar-refractivity contribution is 14.1. The number of carbonyl (C=O) groups excluding carboxylic acids is 1. The average Bonchev–Trinajstić information content (AvgIpc) is 2.88. The van der Waals surface area contributed by atoms with E-state index in [2.05, 4.69) is 43.0 Å². The molecule has 0 unspecified atom stereocenters. The minimum absolute atomic E-state index is 0.102. The maximum atomic E-state index is 12.4. The first-order valence-corrected chi connectivity index (χ1v) is 8.47. The summed E-state index contributed by atoms with van der Waals surface area (Å²) in [5.74, 6) is 0.510. The molecule has 2 heterocycles. The number of nitrogens with zero attached hydrogens (tertiary/aromatic N) is 4. The molecule has 0 aliphatic carbocycles. The molecule has 3 aromatic rings. The Balaban J connectivity index is 1.86. The maximum absolute atomic E-state index is 12.4. The zero-order chi connectivity index (χ0) is 17.4. The number of hydrogen-bond acceptors (Lipinski definition) is 5. The van der Waals surface area contributed by atoms with Crippen LogP contribution in [0.1, 0.15) is 22.5 Å². The smallest absolute Gasteiger partial charge is 0.254 e. The lowest BCUT2D eigenvalue weighted by molar-refractivity contribution is -0.115. The first-order chi connectivity index (χ1) is 11.3. The molecule has 1 amide bonds. The summed E-state index contributed by atoms with van der Waals surface area (Å²) in [6.07, 6.45) is 0.213. The van der Waals surface area contributed by atoms with E-state index in [0.717, 1.165) is 26.2 Å². The number of aryl methyl sites for hydroxylation is 3. The van der Waals surface area contributed by atoms with E-state index >= 15 is 0 Å². The van der Waals surface area contributed by atoms with Crippen LogP contribution in [-0.2, 0) is 11.2 Å². The third kappa shape index (κ3) is 3.18. The van der Waals surface area contributed by atoms with Crippen LogP contribution >= 0.6 is 22.6 Å². The Morgan fingerprint density at radius 1 is 1.29 bits per heavy atom. The first kappa shape index (κ1) is 16.6. The van der Waals surface area contributed by atoms with Crippen molar-refractivity contribution in [2.75, 3.05) is 11.1 Å². The molecule has 124 valence electrons. The summed E-state index contributed by atoms with van der Waals surface area (Å²) >= 11 is 2.25. The predicted molar refractivity (Wildman–Crippen MR) is 101 cm³/mol. The van der Waals surface area contributed by atoms with Crippen molar-refractivity contribution in [1.29, 1.82) is 0 Å². The van der Waals surface area contributed by atoms with E-state index in [-0.39, 0.29) is 18.3 Å². The maximum Gasteiger partial charge on any atom is 0.254 e. The Morgan fingerprint density at radius 3 is 2.75 bits per heavy atom. The fraction of sp³-hybridized carbons (Fsp3) is 0.250. The van der Waals surface area contributed by atoms with Crippen LogP contribution in [0.15, 0.2) is 18.2 Å². The van der Waals surface area contributed by atoms with Gasteiger partial charge in [-0.05, 0) is 61.1 Å². The summed E-state index contributed by atoms with van der Waals surface area (Å²) in [5.41, 5.74) is 9.98. The van der Waals surface area contributed by atoms with Gasteiger partial charge in [-0.25, -0.2) is 4.98 Å². The van der Waals surface area contributed by atoms with Crippen molar-refractivity contribution in [1.82, 2.24) is 19.6 Å². The van der Waals surface area contributed by atoms with Gasteiger partial charge in [0.15, 0.2) is 0 Å². The first-order valence-electron chi connectivity index (χ1n) is 7.39. The second kappa shape index (κ2) is 6.34. The number of hydrogen-bond donors (Lipinski definition) is 2. The highest BCUT2D eigenvalue weighted by atomic mass is 127. The molecule has 0 saturated carbocycles. The van der Waals surface area contributed by atoms with Crippen LogP contribution in [0.3, 0.4) is 0 Å². The van der Waals surface area contributed by atoms with Gasteiger partial charge < -0.3 is 11.1 Å². The number of halogens is 1. The highest BCUT2D eigenvalue weighted by Gasteiger charge is 2.15. The molecule has 0 atom stereocenters. The lowest BCUT2D eigenvalue weighted by Gasteiger charge is -2.11. The summed E-state index contributed by atoms with van der Waals surface area (Å²) in [7, 11) is 0. The van der Waals surface area contributed by atoms with Crippen molar-refractivity contribution in [2.24, 2.45) is 0 Å². The molecular weight excluding hydrogens is 419 g/mol. The highest BCUT2D eigenvalue weighted by Crippen LogP contribution is 2.19. The molecule has 0 spiro atoms. The number of nitrogens with one attached hydrogen (secondary N) is 1. The van der Waals surface area contributed by atoms with E-state index in [1.165, 1.54) is 5.56 Å². The van der Waals surface area contributed by atoms with Crippen LogP contribution in [-0.4, -0.2) is 25.5 Å². The Kier molecular flexibility index (Phi) is 4.39. The molecular formula is C16H17IN6O. The van der Waals surface area contributed by atoms with E-state index < -0.39 is 0 Å². The average molecular weight is 436 g/mol. The van der Waals surface area contributed by atoms with Gasteiger partial charge >= 0.3 is 0 Å². The van der Waals surface area contributed by atoms with E-state index in [0.29, 0.717) is 5.78 Å². The zero-order valence-corrected chi connectivity index (χ0v) is 15.7. The molecule has 24 heavy (non-hydrogen) atoms. The Labute approximate surface area is 152 Å². The second-order valence-corrected chi connectivity index (χ2v) is 6.79. The van der Waals surface area contributed by atoms with Gasteiger partial charge in [-0.3, -0.25) is 4.79 Å². The molecule has 3 rings (SSSR count). The predicted octanol–water partition coefficient (Wildman–Crippen LogP) is 2.42. The molecule has 0 aliphatic heterocycles. The van der Waals surface area contributed by atoms with Gasteiger partial charge in [0.2, 0.25) is 11.9 Å². The molecule has 8 heteroatoms. The second-order valence-electron chi connectivity index (χ2n) is 5.63. The van der Waals surface area contributed by atoms with E-state index in [1.54, 1.807) is 4.52 Å². The standard InChI is InChI=1S/C16H17IN6O/c1-8-4-5-11(6-13(8)17)20-14(24)7-12-9(2)19-16-21-15(18)22-23(16)10(12)3/h4-6H,7H2,1-3H3,(H2,18,22)(H,20,24). The van der Waals surface area contributed by atoms with Gasteiger partial charge in [0.05, 0.1) is 6.42 Å². The normalized spacial score (nSPS) is 11.0. The summed E-state index contributed by atoms with van der Waals surface area (Å²) in [6, 6.07) is 5.83. The number of carbonyl (C=O) groups is 1. The SMILES string of the molecule is Cc1ccc(NC(=O)Cc2c(C)nc3nc(N)nn3c2C)cc1I. The number of amides is 1. The number of rotatable bonds is 3. The number of aromatic nitrogens is 4. The number of nitrogen functional groups attached to an aromatic ring is 1. The Bertz CT molecular complexity index is 949. The largest absolute Gasteiger partial charge is 0.366 e. The summed E-state index contributed by atoms with van der Waals surface area (Å²) < 4.78 is 2.68. The minimum Gasteiger partial charge on any atom is -0.366 e. The summed E-state index contributed by atoms with van der Waals surface area (Å²) in [5, 5.41) is 7.04. The lowest BCUT2D eigenvalue weighted by atomic mass is 10.1. The van der Waals surface area contributed by atoms with Gasteiger partial charge in [-0.2, -0.15) is 9.50 Å². The summed E-state index contributed by atoms with van der Waals surface area (Å²) in [4.78, 5) is 20.8. The fourth-order valence-electron chi connectivity index (χ4n) is 2.52. The monoisotopic (exact) mass is 436 g/mol. The van der Waals surface area contributed by atoms with Crippen LogP contribution in [0.2, 0.25) is 0 Å². The molecule has 0 radical (unpaired) electrons. The third-order valence-corrected chi connectivity index (χ3v) is 5.02. The molecule has 1 aromatic carbocycles. The van der Waals surface area contributed by atoms with Crippen molar-refractivity contribution >= 4 is 45.9 Å². The number of nitrogens with two attached hydrogens (primary N) is 1. The van der Waals surface area contributed by atoms with Crippen molar-refractivity contribution in [3.05, 3.63) is 44.3 Å². The third-order valence-electron chi connectivity index (χ3n) is 3.86. The molecule has 7 nitrogen and oxygen atoms in total. The zero-order valence-electron chi connectivity index (χ0n) is 13.6. The van der Waals surface area contributed by atoms with Crippen LogP contribution in [0.25, 0.3) is 5.78 Å². The van der Waals surface area contributed by atoms with Crippen molar-refractivity contribution in [2.45, 2.75) is 27.2 Å². The van der Waals surface area contributed by atoms with Crippen LogP contribution < -0.4 is 11.1 Å². The molecule has 0 bridgehead atoms. The Morgan fingerprint density at radius 2 is 2.04 bits per heavy atom. The van der Waals surface area contributed by atoms with Gasteiger partial charge in [0, 0.05) is 26.2 Å². The number of anilines is 2. The minimum atomic E-state index is -0.102. The fourth-order valence-corrected chi connectivity index (χ4v) is 3.03. The number of fused-ring (bicyclic) bond motifs is 1. The van der Waals surface area contributed by atoms with Crippen molar-refractivity contribution in [3.63, 3.8) is 0 Å². The van der Waals surface area contributed by atoms with Crippen LogP contribution in [0, 0.1) is 24.3 Å². The van der Waals surface area contributed by atoms with Crippen molar-refractivity contribution < 1.29 is 4.79 Å². The van der Waals surface area contributed by atoms with Gasteiger partial charge in [0.1, 0.15) is 0 Å². The summed E-state index contributed by atoms with van der Waals surface area (Å²) in [6.45, 7) is 5.77. The van der Waals surface area contributed by atoms with E-state index in [1.807, 2.05) is 39.0 Å². The Hall–Kier alpha value is -2.23. The van der Waals surface area contributed by atoms with Crippen molar-refractivity contribution in [3.8, 4) is 0 Å². The van der Waals surface area contributed by atoms with Crippen LogP contribution in [0.4, 0.5) is 11.6 Å². The van der Waals surface area contributed by atoms with E-state index in [9.17, 15) is 4.79 Å². The molecule has 2 aromatic heterocycles. The molecule has 0 fully saturated rings. The lowest BCUT2D eigenvalue weighted by Crippen LogP contribution is -2.18. The van der Waals surface area contributed by atoms with Gasteiger partial charge in [-0.15, -0.1) is 5.10 Å². The van der Waals surface area contributed by atoms with Gasteiger partial charge in [0.25, 0.3) is 5.78 Å². The molecule has 3 N–H and O–H groups in total. The molecule has 0 saturated heterocycles. The number of benzene rings is 1. The van der Waals surface area contributed by atoms with Gasteiger partial charge in [-0.1, -0.05) is 6.07 Å².